The number of nitrogens with two attached hydrogens (primary N) is 1. The van der Waals surface area contributed by atoms with E-state index in [9.17, 15) is 4.79 Å². The minimum atomic E-state index is 0.117. The molecule has 2 N–H and O–H groups in total. The van der Waals surface area contributed by atoms with E-state index < -0.39 is 0 Å². The highest BCUT2D eigenvalue weighted by Crippen LogP contribution is 2.34. The van der Waals surface area contributed by atoms with Gasteiger partial charge in [0.05, 0.1) is 6.42 Å². The second-order valence-corrected chi connectivity index (χ2v) is 5.39. The average molecular weight is 321 g/mol. The van der Waals surface area contributed by atoms with Crippen LogP contribution in [0.15, 0.2) is 22.8 Å². The van der Waals surface area contributed by atoms with Crippen LogP contribution in [0.25, 0.3) is 11.3 Å². The van der Waals surface area contributed by atoms with Crippen molar-refractivity contribution >= 4 is 33.5 Å². The number of carbonyl (C=O) groups excluding carboxylic acids is 1. The lowest BCUT2D eigenvalue weighted by molar-refractivity contribution is -0.117. The lowest BCUT2D eigenvalue weighted by Crippen LogP contribution is -2.20. The van der Waals surface area contributed by atoms with Crippen molar-refractivity contribution in [1.29, 1.82) is 0 Å². The van der Waals surface area contributed by atoms with Crippen LogP contribution in [0, 0.1) is 0 Å². The van der Waals surface area contributed by atoms with Gasteiger partial charge in [-0.3, -0.25) is 4.79 Å². The number of nitrogen functional groups attached to an aromatic ring is 1. The highest BCUT2D eigenvalue weighted by Gasteiger charge is 2.24. The monoisotopic (exact) mass is 320 g/mol. The van der Waals surface area contributed by atoms with E-state index >= 15 is 0 Å². The van der Waals surface area contributed by atoms with Gasteiger partial charge in [0.1, 0.15) is 10.3 Å². The molecule has 98 valence electrons. The first-order valence-electron chi connectivity index (χ1n) is 5.86. The quantitative estimate of drug-likeness (QED) is 0.873. The number of likely N-dealkylation sites (N-methyl/N-ethyl adjacent to an activating group) is 1. The summed E-state index contributed by atoms with van der Waals surface area (Å²) in [6.45, 7) is 0. The smallest absolute Gasteiger partial charge is 0.231 e. The van der Waals surface area contributed by atoms with Gasteiger partial charge in [0.25, 0.3) is 0 Å². The number of hydrogen-bond donors (Lipinski definition) is 1. The summed E-state index contributed by atoms with van der Waals surface area (Å²) < 4.78 is 2.61. The Hall–Kier alpha value is -1.82. The number of benzene rings is 1. The predicted octanol–water partition coefficient (Wildman–Crippen LogP) is 1.95. The zero-order valence-corrected chi connectivity index (χ0v) is 12.2. The molecular weight excluding hydrogens is 308 g/mol. The molecule has 1 aromatic heterocycles. The van der Waals surface area contributed by atoms with E-state index in [4.69, 9.17) is 5.73 Å². The third kappa shape index (κ3) is 1.74. The zero-order chi connectivity index (χ0) is 13.7. The van der Waals surface area contributed by atoms with Crippen LogP contribution in [0.2, 0.25) is 0 Å². The van der Waals surface area contributed by atoms with Crippen LogP contribution < -0.4 is 10.6 Å². The maximum absolute atomic E-state index is 11.7. The molecule has 19 heavy (non-hydrogen) atoms. The minimum Gasteiger partial charge on any atom is -0.369 e. The van der Waals surface area contributed by atoms with Gasteiger partial charge in [-0.1, -0.05) is 6.07 Å². The number of anilines is 2. The van der Waals surface area contributed by atoms with Gasteiger partial charge in [0.15, 0.2) is 0 Å². The normalized spacial score (nSPS) is 14.1. The molecule has 1 aliphatic rings. The molecule has 2 heterocycles. The van der Waals surface area contributed by atoms with Crippen molar-refractivity contribution < 1.29 is 4.79 Å². The molecule has 1 aromatic carbocycles. The number of fused-ring (bicyclic) bond motifs is 1. The molecule has 0 radical (unpaired) electrons. The van der Waals surface area contributed by atoms with Gasteiger partial charge < -0.3 is 15.2 Å². The fraction of sp³-hybridized carbons (Fsp3) is 0.231. The van der Waals surface area contributed by atoms with E-state index in [1.165, 1.54) is 0 Å². The van der Waals surface area contributed by atoms with Gasteiger partial charge in [0.2, 0.25) is 11.9 Å². The molecule has 0 atom stereocenters. The van der Waals surface area contributed by atoms with Crippen LogP contribution in [0.4, 0.5) is 11.6 Å². The number of rotatable bonds is 1. The van der Waals surface area contributed by atoms with E-state index in [0.29, 0.717) is 12.4 Å². The third-order valence-corrected chi connectivity index (χ3v) is 4.40. The SMILES string of the molecule is CN1C(=O)Cc2cc(-c3nc(N)n(C)c3Br)ccc21. The van der Waals surface area contributed by atoms with E-state index in [1.807, 2.05) is 25.2 Å². The van der Waals surface area contributed by atoms with Crippen LogP contribution in [0.1, 0.15) is 5.56 Å². The standard InChI is InChI=1S/C13H13BrN4O/c1-17-9-4-3-7(5-8(9)6-10(17)19)11-12(14)18(2)13(15)16-11/h3-5H,6H2,1-2H3,(H2,15,16). The fourth-order valence-electron chi connectivity index (χ4n) is 2.30. The van der Waals surface area contributed by atoms with Crippen LogP contribution in [0.3, 0.4) is 0 Å². The largest absolute Gasteiger partial charge is 0.369 e. The molecule has 0 saturated heterocycles. The molecule has 1 aliphatic heterocycles. The topological polar surface area (TPSA) is 64.2 Å². The Morgan fingerprint density at radius 3 is 2.74 bits per heavy atom. The summed E-state index contributed by atoms with van der Waals surface area (Å²) in [5.74, 6) is 0.572. The maximum atomic E-state index is 11.7. The molecule has 2 aromatic rings. The number of hydrogen-bond acceptors (Lipinski definition) is 3. The van der Waals surface area contributed by atoms with Crippen molar-refractivity contribution in [1.82, 2.24) is 9.55 Å². The number of nitrogens with zero attached hydrogens (tertiary/aromatic N) is 3. The molecule has 1 amide bonds. The second-order valence-electron chi connectivity index (χ2n) is 4.64. The first-order valence-corrected chi connectivity index (χ1v) is 6.66. The fourth-order valence-corrected chi connectivity index (χ4v) is 2.80. The van der Waals surface area contributed by atoms with Crippen LogP contribution in [0.5, 0.6) is 0 Å². The molecule has 0 aliphatic carbocycles. The van der Waals surface area contributed by atoms with E-state index in [-0.39, 0.29) is 5.91 Å². The first kappa shape index (κ1) is 12.2. The highest BCUT2D eigenvalue weighted by molar-refractivity contribution is 9.10. The van der Waals surface area contributed by atoms with E-state index in [1.54, 1.807) is 16.5 Å². The van der Waals surface area contributed by atoms with E-state index in [0.717, 1.165) is 27.1 Å². The number of amides is 1. The number of imidazole rings is 1. The maximum Gasteiger partial charge on any atom is 0.231 e. The molecule has 0 saturated carbocycles. The van der Waals surface area contributed by atoms with E-state index in [2.05, 4.69) is 20.9 Å². The Morgan fingerprint density at radius 2 is 2.11 bits per heavy atom. The second kappa shape index (κ2) is 4.09. The Kier molecular flexibility index (Phi) is 2.63. The zero-order valence-electron chi connectivity index (χ0n) is 10.6. The summed E-state index contributed by atoms with van der Waals surface area (Å²) in [4.78, 5) is 17.7. The number of halogens is 1. The van der Waals surface area contributed by atoms with Crippen molar-refractivity contribution in [2.75, 3.05) is 17.7 Å². The van der Waals surface area contributed by atoms with Gasteiger partial charge in [0, 0.05) is 25.3 Å². The van der Waals surface area contributed by atoms with Crippen LogP contribution in [-0.4, -0.2) is 22.5 Å². The summed E-state index contributed by atoms with van der Waals surface area (Å²) in [5, 5.41) is 0. The molecule has 0 bridgehead atoms. The number of carbonyl (C=O) groups is 1. The van der Waals surface area contributed by atoms with Gasteiger partial charge in [-0.05, 0) is 33.6 Å². The molecule has 0 unspecified atom stereocenters. The van der Waals surface area contributed by atoms with Gasteiger partial charge >= 0.3 is 0 Å². The number of aromatic nitrogens is 2. The third-order valence-electron chi connectivity index (χ3n) is 3.49. The highest BCUT2D eigenvalue weighted by atomic mass is 79.9. The van der Waals surface area contributed by atoms with Crippen molar-refractivity contribution in [2.45, 2.75) is 6.42 Å². The molecular formula is C13H13BrN4O. The van der Waals surface area contributed by atoms with Crippen molar-refractivity contribution in [3.8, 4) is 11.3 Å². The summed E-state index contributed by atoms with van der Waals surface area (Å²) in [6, 6.07) is 5.91. The van der Waals surface area contributed by atoms with Crippen molar-refractivity contribution in [2.24, 2.45) is 7.05 Å². The predicted molar refractivity (Wildman–Crippen MR) is 77.9 cm³/mol. The summed E-state index contributed by atoms with van der Waals surface area (Å²) >= 11 is 3.49. The minimum absolute atomic E-state index is 0.117. The Labute approximate surface area is 119 Å². The molecule has 0 spiro atoms. The van der Waals surface area contributed by atoms with Gasteiger partial charge in [-0.25, -0.2) is 4.98 Å². The van der Waals surface area contributed by atoms with Crippen molar-refractivity contribution in [3.05, 3.63) is 28.4 Å². The van der Waals surface area contributed by atoms with Gasteiger partial charge in [-0.2, -0.15) is 0 Å². The van der Waals surface area contributed by atoms with Crippen LogP contribution in [-0.2, 0) is 18.3 Å². The molecule has 3 rings (SSSR count). The molecule has 0 fully saturated rings. The Morgan fingerprint density at radius 1 is 1.37 bits per heavy atom. The van der Waals surface area contributed by atoms with Gasteiger partial charge in [-0.15, -0.1) is 0 Å². The molecule has 6 heteroatoms. The lowest BCUT2D eigenvalue weighted by atomic mass is 10.1. The summed E-state index contributed by atoms with van der Waals surface area (Å²) in [5.41, 5.74) is 9.55. The lowest BCUT2D eigenvalue weighted by Gasteiger charge is -2.10. The summed E-state index contributed by atoms with van der Waals surface area (Å²) in [6.07, 6.45) is 0.444. The Balaban J connectivity index is 2.11. The van der Waals surface area contributed by atoms with Crippen LogP contribution >= 0.6 is 15.9 Å². The van der Waals surface area contributed by atoms with Crippen molar-refractivity contribution in [3.63, 3.8) is 0 Å². The molecule has 5 nitrogen and oxygen atoms in total. The average Bonchev–Trinajstić information content (AvgIpc) is 2.81. The summed E-state index contributed by atoms with van der Waals surface area (Å²) in [7, 11) is 3.64. The Bertz CT molecular complexity index is 692. The first-order chi connectivity index (χ1) is 8.99.